The summed E-state index contributed by atoms with van der Waals surface area (Å²) in [6.07, 6.45) is 2.74. The van der Waals surface area contributed by atoms with Crippen molar-refractivity contribution in [2.45, 2.75) is 53.0 Å². The molecule has 1 aliphatic rings. The zero-order valence-corrected chi connectivity index (χ0v) is 22.5. The van der Waals surface area contributed by atoms with Gasteiger partial charge in [0.15, 0.2) is 0 Å². The van der Waals surface area contributed by atoms with Crippen molar-refractivity contribution in [2.75, 3.05) is 39.4 Å². The van der Waals surface area contributed by atoms with Crippen LogP contribution in [0.3, 0.4) is 0 Å². The van der Waals surface area contributed by atoms with E-state index < -0.39 is 17.7 Å². The second-order valence-electron chi connectivity index (χ2n) is 9.10. The molecule has 2 aromatic carbocycles. The van der Waals surface area contributed by atoms with Gasteiger partial charge in [-0.15, -0.1) is 0 Å². The van der Waals surface area contributed by atoms with Crippen LogP contribution in [0, 0.1) is 0 Å². The first-order valence-corrected chi connectivity index (χ1v) is 13.4. The first kappa shape index (κ1) is 28.3. The van der Waals surface area contributed by atoms with E-state index in [1.807, 2.05) is 31.2 Å². The summed E-state index contributed by atoms with van der Waals surface area (Å²) >= 11 is 0. The maximum atomic E-state index is 13.3. The molecule has 0 aromatic heterocycles. The summed E-state index contributed by atoms with van der Waals surface area (Å²) in [5.41, 5.74) is 1.34. The van der Waals surface area contributed by atoms with Gasteiger partial charge in [0, 0.05) is 12.1 Å². The summed E-state index contributed by atoms with van der Waals surface area (Å²) in [7, 11) is 0. The minimum Gasteiger partial charge on any atom is -0.507 e. The number of hydrogen-bond donors (Lipinski definition) is 1. The molecule has 200 valence electrons. The Hall–Kier alpha value is -3.32. The molecule has 0 spiro atoms. The van der Waals surface area contributed by atoms with E-state index in [0.29, 0.717) is 31.1 Å². The molecular weight excluding hydrogens is 468 g/mol. The van der Waals surface area contributed by atoms with E-state index in [1.54, 1.807) is 29.2 Å². The van der Waals surface area contributed by atoms with Crippen LogP contribution in [0.4, 0.5) is 0 Å². The molecule has 0 saturated carbocycles. The van der Waals surface area contributed by atoms with Gasteiger partial charge in [0.1, 0.15) is 17.3 Å². The van der Waals surface area contributed by atoms with E-state index in [4.69, 9.17) is 9.47 Å². The van der Waals surface area contributed by atoms with Crippen LogP contribution >= 0.6 is 0 Å². The van der Waals surface area contributed by atoms with Gasteiger partial charge >= 0.3 is 0 Å². The molecule has 3 rings (SSSR count). The second kappa shape index (κ2) is 13.8. The fourth-order valence-electron chi connectivity index (χ4n) is 4.57. The molecule has 0 radical (unpaired) electrons. The van der Waals surface area contributed by atoms with Crippen molar-refractivity contribution < 1.29 is 24.2 Å². The minimum absolute atomic E-state index is 0.108. The quantitative estimate of drug-likeness (QED) is 0.159. The Morgan fingerprint density at radius 3 is 2.11 bits per heavy atom. The maximum absolute atomic E-state index is 13.3. The third-order valence-corrected chi connectivity index (χ3v) is 6.71. The highest BCUT2D eigenvalue weighted by Gasteiger charge is 2.45. The third kappa shape index (κ3) is 6.92. The van der Waals surface area contributed by atoms with Crippen LogP contribution in [0.1, 0.15) is 64.1 Å². The number of rotatable bonds is 14. The van der Waals surface area contributed by atoms with Crippen molar-refractivity contribution >= 4 is 17.4 Å². The molecule has 1 N–H and O–H groups in total. The summed E-state index contributed by atoms with van der Waals surface area (Å²) in [6.45, 7) is 12.5. The number of amides is 1. The zero-order valence-electron chi connectivity index (χ0n) is 22.5. The van der Waals surface area contributed by atoms with Crippen molar-refractivity contribution in [3.63, 3.8) is 0 Å². The van der Waals surface area contributed by atoms with E-state index in [9.17, 15) is 14.7 Å². The smallest absolute Gasteiger partial charge is 0.295 e. The highest BCUT2D eigenvalue weighted by atomic mass is 16.5. The number of aliphatic hydroxyl groups is 1. The number of ketones is 1. The molecule has 1 fully saturated rings. The molecule has 7 heteroatoms. The van der Waals surface area contributed by atoms with Crippen molar-refractivity contribution in [3.05, 3.63) is 65.2 Å². The Morgan fingerprint density at radius 2 is 1.51 bits per heavy atom. The second-order valence-corrected chi connectivity index (χ2v) is 9.10. The van der Waals surface area contributed by atoms with E-state index in [-0.39, 0.29) is 11.3 Å². The van der Waals surface area contributed by atoms with Crippen LogP contribution in [-0.2, 0) is 9.59 Å². The Labute approximate surface area is 220 Å². The van der Waals surface area contributed by atoms with Crippen LogP contribution in [0.5, 0.6) is 11.5 Å². The number of aliphatic hydroxyl groups excluding tert-OH is 1. The van der Waals surface area contributed by atoms with Gasteiger partial charge in [-0.1, -0.05) is 39.3 Å². The number of ether oxygens (including phenoxy) is 2. The van der Waals surface area contributed by atoms with Crippen molar-refractivity contribution in [2.24, 2.45) is 0 Å². The van der Waals surface area contributed by atoms with Crippen molar-refractivity contribution in [1.82, 2.24) is 9.80 Å². The Balaban J connectivity index is 1.96. The van der Waals surface area contributed by atoms with Crippen LogP contribution < -0.4 is 9.47 Å². The number of likely N-dealkylation sites (tertiary alicyclic amines) is 1. The predicted molar refractivity (Wildman–Crippen MR) is 146 cm³/mol. The summed E-state index contributed by atoms with van der Waals surface area (Å²) in [5, 5.41) is 11.3. The molecule has 2 aromatic rings. The number of nitrogens with zero attached hydrogens (tertiary/aromatic N) is 2. The lowest BCUT2D eigenvalue weighted by molar-refractivity contribution is -0.140. The van der Waals surface area contributed by atoms with Crippen LogP contribution in [0.25, 0.3) is 5.76 Å². The van der Waals surface area contributed by atoms with Crippen LogP contribution in [0.15, 0.2) is 54.1 Å². The molecule has 0 bridgehead atoms. The highest BCUT2D eigenvalue weighted by Crippen LogP contribution is 2.40. The van der Waals surface area contributed by atoms with Gasteiger partial charge in [-0.2, -0.15) is 0 Å². The normalized spacial score (nSPS) is 17.0. The Kier molecular flexibility index (Phi) is 10.6. The molecule has 1 heterocycles. The van der Waals surface area contributed by atoms with Crippen molar-refractivity contribution in [1.29, 1.82) is 0 Å². The van der Waals surface area contributed by atoms with Crippen molar-refractivity contribution in [3.8, 4) is 11.5 Å². The standard InChI is InChI=1S/C30H40N2O5/c1-5-9-21-37-25-15-11-22(12-16-25)27-26(28(33)23-13-17-24(18-14-23)36-8-4)29(34)30(35)32(27)20-10-19-31(6-2)7-3/h11-18,27,33H,5-10,19-21H2,1-4H3/b28-26+. The van der Waals surface area contributed by atoms with Gasteiger partial charge in [0.2, 0.25) is 0 Å². The van der Waals surface area contributed by atoms with Crippen LogP contribution in [0.2, 0.25) is 0 Å². The lowest BCUT2D eigenvalue weighted by Gasteiger charge is -2.27. The largest absolute Gasteiger partial charge is 0.507 e. The fraction of sp³-hybridized carbons (Fsp3) is 0.467. The predicted octanol–water partition coefficient (Wildman–Crippen LogP) is 5.42. The van der Waals surface area contributed by atoms with Gasteiger partial charge in [-0.3, -0.25) is 9.59 Å². The van der Waals surface area contributed by atoms with E-state index >= 15 is 0 Å². The number of benzene rings is 2. The fourth-order valence-corrected chi connectivity index (χ4v) is 4.57. The van der Waals surface area contributed by atoms with Gasteiger partial charge < -0.3 is 24.4 Å². The summed E-state index contributed by atoms with van der Waals surface area (Å²) in [4.78, 5) is 30.4. The van der Waals surface area contributed by atoms with Crippen LogP contribution in [-0.4, -0.2) is 66.0 Å². The Morgan fingerprint density at radius 1 is 0.892 bits per heavy atom. The number of Topliss-reactive ketones (excluding diaryl/α,β-unsaturated/α-hetero) is 1. The molecule has 1 aliphatic heterocycles. The average molecular weight is 509 g/mol. The average Bonchev–Trinajstić information content (AvgIpc) is 3.17. The van der Waals surface area contributed by atoms with E-state index in [0.717, 1.165) is 50.2 Å². The number of hydrogen-bond acceptors (Lipinski definition) is 6. The highest BCUT2D eigenvalue weighted by molar-refractivity contribution is 6.46. The van der Waals surface area contributed by atoms with Gasteiger partial charge in [0.25, 0.3) is 11.7 Å². The molecule has 7 nitrogen and oxygen atoms in total. The maximum Gasteiger partial charge on any atom is 0.295 e. The number of unbranched alkanes of at least 4 members (excludes halogenated alkanes) is 1. The van der Waals surface area contributed by atoms with Gasteiger partial charge in [-0.25, -0.2) is 0 Å². The molecule has 0 aliphatic carbocycles. The third-order valence-electron chi connectivity index (χ3n) is 6.71. The van der Waals surface area contributed by atoms with E-state index in [2.05, 4.69) is 25.7 Å². The summed E-state index contributed by atoms with van der Waals surface area (Å²) < 4.78 is 11.3. The summed E-state index contributed by atoms with van der Waals surface area (Å²) in [6, 6.07) is 13.7. The Bertz CT molecular complexity index is 1060. The molecule has 1 amide bonds. The number of carbonyl (C=O) groups is 2. The first-order chi connectivity index (χ1) is 17.9. The van der Waals surface area contributed by atoms with E-state index in [1.165, 1.54) is 0 Å². The van der Waals surface area contributed by atoms with Gasteiger partial charge in [0.05, 0.1) is 24.8 Å². The molecule has 1 atom stereocenters. The molecular formula is C30H40N2O5. The minimum atomic E-state index is -0.673. The lowest BCUT2D eigenvalue weighted by atomic mass is 9.95. The van der Waals surface area contributed by atoms with Gasteiger partial charge in [-0.05, 0) is 81.4 Å². The lowest BCUT2D eigenvalue weighted by Crippen LogP contribution is -2.33. The molecule has 1 saturated heterocycles. The summed E-state index contributed by atoms with van der Waals surface area (Å²) in [5.74, 6) is -0.0166. The first-order valence-electron chi connectivity index (χ1n) is 13.4. The molecule has 37 heavy (non-hydrogen) atoms. The SMILES string of the molecule is CCCCOc1ccc(C2/C(=C(\O)c3ccc(OCC)cc3)C(=O)C(=O)N2CCCN(CC)CC)cc1. The zero-order chi connectivity index (χ0) is 26.8. The number of carbonyl (C=O) groups excluding carboxylic acids is 2. The molecule has 1 unspecified atom stereocenters. The topological polar surface area (TPSA) is 79.3 Å². The monoisotopic (exact) mass is 508 g/mol.